The minimum Gasteiger partial charge on any atom is -0.395 e. The van der Waals surface area contributed by atoms with E-state index in [2.05, 4.69) is 43.4 Å². The van der Waals surface area contributed by atoms with Gasteiger partial charge < -0.3 is 10.4 Å². The SMILES string of the molecule is CCc1ccc(C(=O)C2CNCCC2(CO)c2ccc(CC)cc2)cc1. The molecule has 3 nitrogen and oxygen atoms in total. The number of aliphatic hydroxyl groups excluding tert-OH is 1. The van der Waals surface area contributed by atoms with Crippen molar-refractivity contribution >= 4 is 5.78 Å². The number of carbonyl (C=O) groups excluding carboxylic acids is 1. The first-order chi connectivity index (χ1) is 12.6. The van der Waals surface area contributed by atoms with Crippen LogP contribution in [0.3, 0.4) is 0 Å². The Morgan fingerprint density at radius 2 is 1.62 bits per heavy atom. The fourth-order valence-corrected chi connectivity index (χ4v) is 4.08. The molecule has 2 unspecified atom stereocenters. The molecule has 3 heteroatoms. The highest BCUT2D eigenvalue weighted by atomic mass is 16.3. The monoisotopic (exact) mass is 351 g/mol. The lowest BCUT2D eigenvalue weighted by Gasteiger charge is -2.43. The lowest BCUT2D eigenvalue weighted by molar-refractivity contribution is 0.0658. The Hall–Kier alpha value is -1.97. The van der Waals surface area contributed by atoms with Crippen LogP contribution in [0.5, 0.6) is 0 Å². The number of nitrogens with one attached hydrogen (secondary N) is 1. The van der Waals surface area contributed by atoms with Crippen LogP contribution in [0.4, 0.5) is 0 Å². The highest BCUT2D eigenvalue weighted by Crippen LogP contribution is 2.39. The number of ketones is 1. The fourth-order valence-electron chi connectivity index (χ4n) is 4.08. The molecular weight excluding hydrogens is 322 g/mol. The molecule has 26 heavy (non-hydrogen) atoms. The molecule has 1 aliphatic heterocycles. The van der Waals surface area contributed by atoms with Crippen molar-refractivity contribution in [1.29, 1.82) is 0 Å². The van der Waals surface area contributed by atoms with E-state index in [1.165, 1.54) is 11.1 Å². The van der Waals surface area contributed by atoms with Crippen LogP contribution in [0.25, 0.3) is 0 Å². The molecule has 0 spiro atoms. The maximum absolute atomic E-state index is 13.3. The quantitative estimate of drug-likeness (QED) is 0.783. The smallest absolute Gasteiger partial charge is 0.168 e. The summed E-state index contributed by atoms with van der Waals surface area (Å²) in [6.45, 7) is 5.65. The van der Waals surface area contributed by atoms with Crippen molar-refractivity contribution in [2.24, 2.45) is 5.92 Å². The van der Waals surface area contributed by atoms with Crippen molar-refractivity contribution < 1.29 is 9.90 Å². The summed E-state index contributed by atoms with van der Waals surface area (Å²) in [6, 6.07) is 16.3. The molecule has 0 amide bonds. The van der Waals surface area contributed by atoms with E-state index in [1.807, 2.05) is 24.3 Å². The standard InChI is InChI=1S/C23H29NO2/c1-3-17-5-9-19(10-6-17)22(26)21-15-24-14-13-23(21,16-25)20-11-7-18(4-2)8-12-20/h5-12,21,24-25H,3-4,13-16H2,1-2H3. The van der Waals surface area contributed by atoms with E-state index in [0.717, 1.165) is 36.9 Å². The first-order valence-electron chi connectivity index (χ1n) is 9.68. The number of aryl methyl sites for hydroxylation is 2. The van der Waals surface area contributed by atoms with Gasteiger partial charge in [0.05, 0.1) is 6.61 Å². The molecule has 2 aromatic rings. The summed E-state index contributed by atoms with van der Waals surface area (Å²) >= 11 is 0. The van der Waals surface area contributed by atoms with Crippen LogP contribution in [0, 0.1) is 5.92 Å². The first kappa shape index (κ1) is 18.8. The second kappa shape index (κ2) is 8.15. The molecular formula is C23H29NO2. The minimum absolute atomic E-state index is 0.0103. The number of Topliss-reactive ketones (excluding diaryl/α,β-unsaturated/α-hetero) is 1. The zero-order chi connectivity index (χ0) is 18.6. The lowest BCUT2D eigenvalue weighted by Crippen LogP contribution is -2.53. The van der Waals surface area contributed by atoms with Crippen LogP contribution in [0.15, 0.2) is 48.5 Å². The Bertz CT molecular complexity index is 736. The molecule has 0 radical (unpaired) electrons. The molecule has 2 atom stereocenters. The first-order valence-corrected chi connectivity index (χ1v) is 9.68. The van der Waals surface area contributed by atoms with E-state index < -0.39 is 5.41 Å². The number of benzene rings is 2. The zero-order valence-corrected chi connectivity index (χ0v) is 15.8. The van der Waals surface area contributed by atoms with Crippen LogP contribution in [-0.2, 0) is 18.3 Å². The molecule has 138 valence electrons. The molecule has 0 aromatic heterocycles. The highest BCUT2D eigenvalue weighted by molar-refractivity contribution is 5.99. The molecule has 1 heterocycles. The topological polar surface area (TPSA) is 49.3 Å². The fraction of sp³-hybridized carbons (Fsp3) is 0.435. The number of piperidine rings is 1. The molecule has 1 aliphatic rings. The molecule has 0 aliphatic carbocycles. The molecule has 0 bridgehead atoms. The van der Waals surface area contributed by atoms with E-state index in [1.54, 1.807) is 0 Å². The summed E-state index contributed by atoms with van der Waals surface area (Å²) < 4.78 is 0. The van der Waals surface area contributed by atoms with E-state index in [4.69, 9.17) is 0 Å². The Kier molecular flexibility index (Phi) is 5.90. The average Bonchev–Trinajstić information content (AvgIpc) is 2.73. The van der Waals surface area contributed by atoms with Crippen molar-refractivity contribution in [3.63, 3.8) is 0 Å². The summed E-state index contributed by atoms with van der Waals surface area (Å²) in [5, 5.41) is 13.7. The van der Waals surface area contributed by atoms with Crippen molar-refractivity contribution in [3.8, 4) is 0 Å². The third-order valence-electron chi connectivity index (χ3n) is 5.95. The third-order valence-corrected chi connectivity index (χ3v) is 5.95. The van der Waals surface area contributed by atoms with Crippen molar-refractivity contribution in [2.45, 2.75) is 38.5 Å². The van der Waals surface area contributed by atoms with Gasteiger partial charge >= 0.3 is 0 Å². The number of carbonyl (C=O) groups is 1. The summed E-state index contributed by atoms with van der Waals surface area (Å²) in [5.74, 6) is -0.144. The van der Waals surface area contributed by atoms with Gasteiger partial charge in [0.15, 0.2) is 5.78 Å². The van der Waals surface area contributed by atoms with Gasteiger partial charge in [0, 0.05) is 23.4 Å². The Morgan fingerprint density at radius 3 is 2.15 bits per heavy atom. The second-order valence-electron chi connectivity index (χ2n) is 7.29. The maximum Gasteiger partial charge on any atom is 0.168 e. The van der Waals surface area contributed by atoms with Gasteiger partial charge in [-0.15, -0.1) is 0 Å². The van der Waals surface area contributed by atoms with E-state index in [0.29, 0.717) is 6.54 Å². The van der Waals surface area contributed by atoms with E-state index in [9.17, 15) is 9.90 Å². The number of hydrogen-bond donors (Lipinski definition) is 2. The van der Waals surface area contributed by atoms with Crippen LogP contribution in [-0.4, -0.2) is 30.6 Å². The Morgan fingerprint density at radius 1 is 1.04 bits per heavy atom. The second-order valence-corrected chi connectivity index (χ2v) is 7.29. The Labute approximate surface area is 156 Å². The van der Waals surface area contributed by atoms with Gasteiger partial charge in [-0.1, -0.05) is 62.4 Å². The highest BCUT2D eigenvalue weighted by Gasteiger charge is 2.45. The maximum atomic E-state index is 13.3. The van der Waals surface area contributed by atoms with E-state index >= 15 is 0 Å². The minimum atomic E-state index is -0.516. The predicted octanol–water partition coefficient (Wildman–Crippen LogP) is 3.53. The molecule has 0 saturated carbocycles. The van der Waals surface area contributed by atoms with Gasteiger partial charge in [-0.3, -0.25) is 4.79 Å². The number of rotatable bonds is 6. The zero-order valence-electron chi connectivity index (χ0n) is 15.8. The van der Waals surface area contributed by atoms with Gasteiger partial charge in [0.1, 0.15) is 0 Å². The van der Waals surface area contributed by atoms with Crippen LogP contribution >= 0.6 is 0 Å². The molecule has 2 N–H and O–H groups in total. The number of hydrogen-bond acceptors (Lipinski definition) is 3. The summed E-state index contributed by atoms with van der Waals surface area (Å²) in [5.41, 5.74) is 3.79. The predicted molar refractivity (Wildman–Crippen MR) is 106 cm³/mol. The summed E-state index contributed by atoms with van der Waals surface area (Å²) in [7, 11) is 0. The molecule has 3 rings (SSSR count). The normalized spacial score (nSPS) is 23.0. The van der Waals surface area contributed by atoms with Crippen LogP contribution in [0.2, 0.25) is 0 Å². The van der Waals surface area contributed by atoms with Crippen molar-refractivity contribution in [1.82, 2.24) is 5.32 Å². The molecule has 1 fully saturated rings. The van der Waals surface area contributed by atoms with Crippen molar-refractivity contribution in [3.05, 3.63) is 70.8 Å². The number of aliphatic hydroxyl groups is 1. The van der Waals surface area contributed by atoms with Crippen LogP contribution < -0.4 is 5.32 Å². The Balaban J connectivity index is 1.96. The van der Waals surface area contributed by atoms with Gasteiger partial charge in [0.25, 0.3) is 0 Å². The van der Waals surface area contributed by atoms with Gasteiger partial charge in [-0.2, -0.15) is 0 Å². The van der Waals surface area contributed by atoms with Crippen LogP contribution in [0.1, 0.15) is 47.3 Å². The lowest BCUT2D eigenvalue weighted by atomic mass is 9.64. The summed E-state index contributed by atoms with van der Waals surface area (Å²) in [6.07, 6.45) is 2.71. The molecule has 1 saturated heterocycles. The van der Waals surface area contributed by atoms with Crippen molar-refractivity contribution in [2.75, 3.05) is 19.7 Å². The largest absolute Gasteiger partial charge is 0.395 e. The van der Waals surface area contributed by atoms with Gasteiger partial charge in [-0.25, -0.2) is 0 Å². The van der Waals surface area contributed by atoms with Gasteiger partial charge in [0.2, 0.25) is 0 Å². The van der Waals surface area contributed by atoms with Gasteiger partial charge in [-0.05, 0) is 42.5 Å². The summed E-state index contributed by atoms with van der Waals surface area (Å²) in [4.78, 5) is 13.3. The third kappa shape index (κ3) is 3.46. The van der Waals surface area contributed by atoms with E-state index in [-0.39, 0.29) is 18.3 Å². The average molecular weight is 351 g/mol. The molecule has 2 aromatic carbocycles.